The SMILES string of the molecule is CCCN(C(=O)c1cc(Br)cs1)C1CCNC1. The van der Waals surface area contributed by atoms with Crippen LogP contribution in [0, 0.1) is 0 Å². The van der Waals surface area contributed by atoms with E-state index in [-0.39, 0.29) is 5.91 Å². The van der Waals surface area contributed by atoms with Gasteiger partial charge in [0.2, 0.25) is 0 Å². The average Bonchev–Trinajstić information content (AvgIpc) is 2.95. The van der Waals surface area contributed by atoms with E-state index < -0.39 is 0 Å². The van der Waals surface area contributed by atoms with Gasteiger partial charge < -0.3 is 10.2 Å². The molecule has 0 saturated carbocycles. The summed E-state index contributed by atoms with van der Waals surface area (Å²) in [6, 6.07) is 2.28. The summed E-state index contributed by atoms with van der Waals surface area (Å²) in [4.78, 5) is 15.3. The van der Waals surface area contributed by atoms with E-state index in [1.54, 1.807) is 0 Å². The minimum absolute atomic E-state index is 0.177. The molecule has 1 aliphatic rings. The molecule has 1 unspecified atom stereocenters. The van der Waals surface area contributed by atoms with Gasteiger partial charge in [-0.1, -0.05) is 6.92 Å². The van der Waals surface area contributed by atoms with Crippen molar-refractivity contribution in [3.05, 3.63) is 20.8 Å². The first-order valence-electron chi connectivity index (χ1n) is 5.98. The Labute approximate surface area is 114 Å². The maximum atomic E-state index is 12.4. The number of hydrogen-bond donors (Lipinski definition) is 1. The molecule has 0 spiro atoms. The summed E-state index contributed by atoms with van der Waals surface area (Å²) < 4.78 is 0.992. The zero-order chi connectivity index (χ0) is 12.3. The zero-order valence-electron chi connectivity index (χ0n) is 9.91. The number of halogens is 1. The normalized spacial score (nSPS) is 19.5. The highest BCUT2D eigenvalue weighted by Crippen LogP contribution is 2.23. The Balaban J connectivity index is 2.12. The predicted molar refractivity (Wildman–Crippen MR) is 74.6 cm³/mol. The minimum atomic E-state index is 0.177. The third-order valence-electron chi connectivity index (χ3n) is 2.98. The molecule has 1 fully saturated rings. The van der Waals surface area contributed by atoms with Gasteiger partial charge in [-0.2, -0.15) is 0 Å². The van der Waals surface area contributed by atoms with Crippen molar-refractivity contribution in [2.45, 2.75) is 25.8 Å². The highest BCUT2D eigenvalue weighted by Gasteiger charge is 2.27. The third-order valence-corrected chi connectivity index (χ3v) is 4.66. The van der Waals surface area contributed by atoms with Crippen LogP contribution in [0.5, 0.6) is 0 Å². The van der Waals surface area contributed by atoms with Gasteiger partial charge in [-0.25, -0.2) is 0 Å². The van der Waals surface area contributed by atoms with Crippen LogP contribution in [0.4, 0.5) is 0 Å². The van der Waals surface area contributed by atoms with Crippen LogP contribution in [-0.2, 0) is 0 Å². The van der Waals surface area contributed by atoms with Crippen LogP contribution in [-0.4, -0.2) is 36.5 Å². The molecule has 1 amide bonds. The maximum Gasteiger partial charge on any atom is 0.264 e. The topological polar surface area (TPSA) is 32.3 Å². The Morgan fingerprint density at radius 3 is 3.06 bits per heavy atom. The monoisotopic (exact) mass is 316 g/mol. The van der Waals surface area contributed by atoms with Gasteiger partial charge >= 0.3 is 0 Å². The van der Waals surface area contributed by atoms with Gasteiger partial charge in [0, 0.05) is 29.0 Å². The predicted octanol–water partition coefficient (Wildman–Crippen LogP) is 2.72. The molecule has 1 aromatic heterocycles. The number of thiophene rings is 1. The van der Waals surface area contributed by atoms with E-state index in [2.05, 4.69) is 28.2 Å². The third kappa shape index (κ3) is 3.09. The summed E-state index contributed by atoms with van der Waals surface area (Å²) in [7, 11) is 0. The Morgan fingerprint density at radius 2 is 2.53 bits per heavy atom. The number of carbonyl (C=O) groups excluding carboxylic acids is 1. The van der Waals surface area contributed by atoms with E-state index >= 15 is 0 Å². The second-order valence-corrected chi connectivity index (χ2v) is 6.10. The van der Waals surface area contributed by atoms with Crippen LogP contribution in [0.2, 0.25) is 0 Å². The summed E-state index contributed by atoms with van der Waals surface area (Å²) in [5.74, 6) is 0.177. The summed E-state index contributed by atoms with van der Waals surface area (Å²) in [6.07, 6.45) is 2.08. The van der Waals surface area contributed by atoms with Crippen molar-refractivity contribution >= 4 is 33.2 Å². The Kier molecular flexibility index (Phi) is 4.59. The first kappa shape index (κ1) is 13.1. The molecule has 0 aliphatic carbocycles. The molecule has 17 heavy (non-hydrogen) atoms. The lowest BCUT2D eigenvalue weighted by Gasteiger charge is -2.27. The molecule has 2 heterocycles. The molecule has 0 bridgehead atoms. The summed E-state index contributed by atoms with van der Waals surface area (Å²) in [6.45, 7) is 4.91. The largest absolute Gasteiger partial charge is 0.334 e. The quantitative estimate of drug-likeness (QED) is 0.926. The zero-order valence-corrected chi connectivity index (χ0v) is 12.3. The second kappa shape index (κ2) is 5.98. The molecule has 0 aromatic carbocycles. The van der Waals surface area contributed by atoms with Gasteiger partial charge in [-0.15, -0.1) is 11.3 Å². The Morgan fingerprint density at radius 1 is 1.71 bits per heavy atom. The fourth-order valence-corrected chi connectivity index (χ4v) is 3.54. The van der Waals surface area contributed by atoms with Crippen LogP contribution in [0.1, 0.15) is 29.4 Å². The van der Waals surface area contributed by atoms with Crippen molar-refractivity contribution in [2.75, 3.05) is 19.6 Å². The van der Waals surface area contributed by atoms with Crippen molar-refractivity contribution in [1.29, 1.82) is 0 Å². The van der Waals surface area contributed by atoms with Gasteiger partial charge in [-0.05, 0) is 41.4 Å². The molecule has 0 radical (unpaired) electrons. The highest BCUT2D eigenvalue weighted by molar-refractivity contribution is 9.10. The van der Waals surface area contributed by atoms with E-state index in [0.29, 0.717) is 6.04 Å². The summed E-state index contributed by atoms with van der Waals surface area (Å²) in [5, 5.41) is 5.29. The number of rotatable bonds is 4. The summed E-state index contributed by atoms with van der Waals surface area (Å²) in [5.41, 5.74) is 0. The lowest BCUT2D eigenvalue weighted by Crippen LogP contribution is -2.41. The molecule has 1 aromatic rings. The molecule has 94 valence electrons. The first-order chi connectivity index (χ1) is 8.22. The number of carbonyl (C=O) groups is 1. The van der Waals surface area contributed by atoms with Crippen LogP contribution in [0.3, 0.4) is 0 Å². The molecule has 1 atom stereocenters. The van der Waals surface area contributed by atoms with Gasteiger partial charge in [0.15, 0.2) is 0 Å². The molecule has 1 N–H and O–H groups in total. The van der Waals surface area contributed by atoms with Crippen molar-refractivity contribution in [2.24, 2.45) is 0 Å². The second-order valence-electron chi connectivity index (χ2n) is 4.27. The highest BCUT2D eigenvalue weighted by atomic mass is 79.9. The fourth-order valence-electron chi connectivity index (χ4n) is 2.16. The van der Waals surface area contributed by atoms with Gasteiger partial charge in [-0.3, -0.25) is 4.79 Å². The molecule has 2 rings (SSSR count). The van der Waals surface area contributed by atoms with Crippen molar-refractivity contribution in [1.82, 2.24) is 10.2 Å². The molecule has 5 heteroatoms. The first-order valence-corrected chi connectivity index (χ1v) is 7.65. The van der Waals surface area contributed by atoms with E-state index in [1.807, 2.05) is 16.3 Å². The van der Waals surface area contributed by atoms with Crippen molar-refractivity contribution in [3.63, 3.8) is 0 Å². The minimum Gasteiger partial charge on any atom is -0.334 e. The standard InChI is InChI=1S/C12H17BrN2OS/c1-2-5-15(10-3-4-14-7-10)12(16)11-6-9(13)8-17-11/h6,8,10,14H,2-5,7H2,1H3. The van der Waals surface area contributed by atoms with Crippen molar-refractivity contribution in [3.8, 4) is 0 Å². The van der Waals surface area contributed by atoms with Crippen LogP contribution >= 0.6 is 27.3 Å². The smallest absolute Gasteiger partial charge is 0.264 e. The van der Waals surface area contributed by atoms with Crippen LogP contribution in [0.15, 0.2) is 15.9 Å². The Hall–Kier alpha value is -0.390. The molecule has 1 saturated heterocycles. The summed E-state index contributed by atoms with van der Waals surface area (Å²) >= 11 is 4.91. The Bertz CT molecular complexity index is 388. The van der Waals surface area contributed by atoms with E-state index in [0.717, 1.165) is 41.8 Å². The number of hydrogen-bond acceptors (Lipinski definition) is 3. The molecule has 3 nitrogen and oxygen atoms in total. The maximum absolute atomic E-state index is 12.4. The fraction of sp³-hybridized carbons (Fsp3) is 0.583. The molecular formula is C12H17BrN2OS. The van der Waals surface area contributed by atoms with E-state index in [4.69, 9.17) is 0 Å². The van der Waals surface area contributed by atoms with Gasteiger partial charge in [0.25, 0.3) is 5.91 Å². The van der Waals surface area contributed by atoms with Crippen LogP contribution < -0.4 is 5.32 Å². The van der Waals surface area contributed by atoms with E-state index in [1.165, 1.54) is 11.3 Å². The number of nitrogens with zero attached hydrogens (tertiary/aromatic N) is 1. The number of nitrogens with one attached hydrogen (secondary N) is 1. The van der Waals surface area contributed by atoms with E-state index in [9.17, 15) is 4.79 Å². The molecule has 1 aliphatic heterocycles. The van der Waals surface area contributed by atoms with Gasteiger partial charge in [0.05, 0.1) is 4.88 Å². The number of amides is 1. The average molecular weight is 317 g/mol. The van der Waals surface area contributed by atoms with Crippen LogP contribution in [0.25, 0.3) is 0 Å². The lowest BCUT2D eigenvalue weighted by atomic mass is 10.2. The van der Waals surface area contributed by atoms with Crippen molar-refractivity contribution < 1.29 is 4.79 Å². The lowest BCUT2D eigenvalue weighted by molar-refractivity contribution is 0.0697. The molecular weight excluding hydrogens is 300 g/mol. The van der Waals surface area contributed by atoms with Gasteiger partial charge in [0.1, 0.15) is 0 Å².